The lowest BCUT2D eigenvalue weighted by Crippen LogP contribution is -2.30. The Morgan fingerprint density at radius 1 is 1.11 bits per heavy atom. The van der Waals surface area contributed by atoms with Gasteiger partial charge in [-0.25, -0.2) is 0 Å². The highest BCUT2D eigenvalue weighted by atomic mass is 16.2. The average molecular weight is 243 g/mol. The molecule has 0 atom stereocenters. The van der Waals surface area contributed by atoms with Gasteiger partial charge in [0.15, 0.2) is 0 Å². The Balaban J connectivity index is 2.00. The van der Waals surface area contributed by atoms with Crippen LogP contribution in [0.3, 0.4) is 0 Å². The summed E-state index contributed by atoms with van der Waals surface area (Å²) in [4.78, 5) is 14.0. The van der Waals surface area contributed by atoms with E-state index in [2.05, 4.69) is 13.0 Å². The summed E-state index contributed by atoms with van der Waals surface area (Å²) in [5.74, 6) is 0.153. The Morgan fingerprint density at radius 2 is 1.78 bits per heavy atom. The SMILES string of the molecule is Cc1ccccc1C=CC(=O)N1CCCCCC1. The zero-order chi connectivity index (χ0) is 12.8. The van der Waals surface area contributed by atoms with Crippen molar-refractivity contribution in [1.29, 1.82) is 0 Å². The fraction of sp³-hybridized carbons (Fsp3) is 0.438. The molecule has 1 aromatic rings. The van der Waals surface area contributed by atoms with Crippen molar-refractivity contribution < 1.29 is 4.79 Å². The first kappa shape index (κ1) is 12.9. The number of hydrogen-bond donors (Lipinski definition) is 0. The minimum Gasteiger partial charge on any atom is -0.339 e. The molecular weight excluding hydrogens is 222 g/mol. The second-order valence-corrected chi connectivity index (χ2v) is 4.93. The largest absolute Gasteiger partial charge is 0.339 e. The summed E-state index contributed by atoms with van der Waals surface area (Å²) in [6.45, 7) is 3.89. The van der Waals surface area contributed by atoms with Gasteiger partial charge in [0.1, 0.15) is 0 Å². The highest BCUT2D eigenvalue weighted by molar-refractivity contribution is 5.92. The molecule has 0 aliphatic carbocycles. The minimum absolute atomic E-state index is 0.153. The van der Waals surface area contributed by atoms with Gasteiger partial charge < -0.3 is 4.90 Å². The molecule has 1 aliphatic rings. The molecular formula is C16H21NO. The third-order valence-electron chi connectivity index (χ3n) is 3.51. The van der Waals surface area contributed by atoms with Crippen molar-refractivity contribution in [1.82, 2.24) is 4.90 Å². The second kappa shape index (κ2) is 6.39. The van der Waals surface area contributed by atoms with E-state index in [4.69, 9.17) is 0 Å². The molecule has 0 spiro atoms. The van der Waals surface area contributed by atoms with Crippen molar-refractivity contribution in [2.24, 2.45) is 0 Å². The van der Waals surface area contributed by atoms with Crippen molar-refractivity contribution in [3.8, 4) is 0 Å². The molecule has 0 saturated carbocycles. The van der Waals surface area contributed by atoms with Crippen LogP contribution in [0, 0.1) is 6.92 Å². The van der Waals surface area contributed by atoms with E-state index in [-0.39, 0.29) is 5.91 Å². The lowest BCUT2D eigenvalue weighted by atomic mass is 10.1. The minimum atomic E-state index is 0.153. The predicted molar refractivity (Wildman–Crippen MR) is 75.3 cm³/mol. The van der Waals surface area contributed by atoms with Crippen molar-refractivity contribution in [2.75, 3.05) is 13.1 Å². The summed E-state index contributed by atoms with van der Waals surface area (Å²) in [6, 6.07) is 8.13. The van der Waals surface area contributed by atoms with E-state index in [9.17, 15) is 4.79 Å². The van der Waals surface area contributed by atoms with Crippen LogP contribution in [0.15, 0.2) is 30.3 Å². The Morgan fingerprint density at radius 3 is 2.44 bits per heavy atom. The Bertz CT molecular complexity index is 428. The maximum atomic E-state index is 12.1. The van der Waals surface area contributed by atoms with Crippen LogP contribution in [0.5, 0.6) is 0 Å². The second-order valence-electron chi connectivity index (χ2n) is 4.93. The molecule has 2 rings (SSSR count). The molecule has 0 radical (unpaired) electrons. The van der Waals surface area contributed by atoms with Crippen LogP contribution in [0.2, 0.25) is 0 Å². The molecule has 18 heavy (non-hydrogen) atoms. The van der Waals surface area contributed by atoms with Crippen LogP contribution in [0.4, 0.5) is 0 Å². The monoisotopic (exact) mass is 243 g/mol. The highest BCUT2D eigenvalue weighted by Crippen LogP contribution is 2.12. The van der Waals surface area contributed by atoms with Gasteiger partial charge in [-0.15, -0.1) is 0 Å². The molecule has 1 amide bonds. The first-order valence-corrected chi connectivity index (χ1v) is 6.80. The van der Waals surface area contributed by atoms with Gasteiger partial charge in [0.25, 0.3) is 0 Å². The molecule has 0 bridgehead atoms. The molecule has 1 saturated heterocycles. The van der Waals surface area contributed by atoms with Gasteiger partial charge in [0.05, 0.1) is 0 Å². The van der Waals surface area contributed by atoms with Crippen LogP contribution in [-0.4, -0.2) is 23.9 Å². The van der Waals surface area contributed by atoms with Crippen LogP contribution in [0.1, 0.15) is 36.8 Å². The first-order valence-electron chi connectivity index (χ1n) is 6.80. The number of benzene rings is 1. The molecule has 96 valence electrons. The fourth-order valence-corrected chi connectivity index (χ4v) is 2.33. The molecule has 2 heteroatoms. The highest BCUT2D eigenvalue weighted by Gasteiger charge is 2.12. The molecule has 1 fully saturated rings. The number of amides is 1. The van der Waals surface area contributed by atoms with Crippen molar-refractivity contribution >= 4 is 12.0 Å². The fourth-order valence-electron chi connectivity index (χ4n) is 2.33. The molecule has 2 nitrogen and oxygen atoms in total. The normalized spacial score (nSPS) is 16.8. The Hall–Kier alpha value is -1.57. The van der Waals surface area contributed by atoms with E-state index in [0.29, 0.717) is 0 Å². The van der Waals surface area contributed by atoms with E-state index in [1.54, 1.807) is 6.08 Å². The van der Waals surface area contributed by atoms with Crippen molar-refractivity contribution in [3.05, 3.63) is 41.5 Å². The van der Waals surface area contributed by atoms with Gasteiger partial charge in [-0.3, -0.25) is 4.79 Å². The van der Waals surface area contributed by atoms with Gasteiger partial charge in [-0.05, 0) is 37.0 Å². The number of hydrogen-bond acceptors (Lipinski definition) is 1. The first-order chi connectivity index (χ1) is 8.77. The number of carbonyl (C=O) groups is 1. The van der Waals surface area contributed by atoms with Crippen LogP contribution in [-0.2, 0) is 4.79 Å². The summed E-state index contributed by atoms with van der Waals surface area (Å²) in [5, 5.41) is 0. The third kappa shape index (κ3) is 3.46. The molecule has 1 heterocycles. The number of aryl methyl sites for hydroxylation is 1. The van der Waals surface area contributed by atoms with E-state index < -0.39 is 0 Å². The Labute approximate surface area is 109 Å². The molecule has 0 N–H and O–H groups in total. The number of carbonyl (C=O) groups excluding carboxylic acids is 1. The Kier molecular flexibility index (Phi) is 4.57. The van der Waals surface area contributed by atoms with E-state index in [0.717, 1.165) is 31.5 Å². The van der Waals surface area contributed by atoms with Crippen LogP contribution < -0.4 is 0 Å². The predicted octanol–water partition coefficient (Wildman–Crippen LogP) is 3.41. The molecule has 1 aliphatic heterocycles. The smallest absolute Gasteiger partial charge is 0.246 e. The summed E-state index contributed by atoms with van der Waals surface area (Å²) in [6.07, 6.45) is 8.45. The molecule has 0 aromatic heterocycles. The summed E-state index contributed by atoms with van der Waals surface area (Å²) in [5.41, 5.74) is 2.33. The quantitative estimate of drug-likeness (QED) is 0.729. The van der Waals surface area contributed by atoms with Crippen molar-refractivity contribution in [2.45, 2.75) is 32.6 Å². The number of nitrogens with zero attached hydrogens (tertiary/aromatic N) is 1. The van der Waals surface area contributed by atoms with Crippen LogP contribution in [0.25, 0.3) is 6.08 Å². The van der Waals surface area contributed by atoms with E-state index >= 15 is 0 Å². The van der Waals surface area contributed by atoms with E-state index in [1.807, 2.05) is 29.2 Å². The lowest BCUT2D eigenvalue weighted by Gasteiger charge is -2.18. The van der Waals surface area contributed by atoms with Crippen molar-refractivity contribution in [3.63, 3.8) is 0 Å². The van der Waals surface area contributed by atoms with Gasteiger partial charge >= 0.3 is 0 Å². The van der Waals surface area contributed by atoms with Gasteiger partial charge in [-0.1, -0.05) is 37.1 Å². The number of likely N-dealkylation sites (tertiary alicyclic amines) is 1. The molecule has 0 unspecified atom stereocenters. The molecule has 1 aromatic carbocycles. The number of rotatable bonds is 2. The summed E-state index contributed by atoms with van der Waals surface area (Å²) < 4.78 is 0. The summed E-state index contributed by atoms with van der Waals surface area (Å²) >= 11 is 0. The topological polar surface area (TPSA) is 20.3 Å². The third-order valence-corrected chi connectivity index (χ3v) is 3.51. The zero-order valence-corrected chi connectivity index (χ0v) is 11.1. The van der Waals surface area contributed by atoms with Gasteiger partial charge in [0, 0.05) is 19.2 Å². The van der Waals surface area contributed by atoms with Crippen LogP contribution >= 0.6 is 0 Å². The standard InChI is InChI=1S/C16H21NO/c1-14-8-4-5-9-15(14)10-11-16(18)17-12-6-2-3-7-13-17/h4-5,8-11H,2-3,6-7,12-13H2,1H3. The maximum Gasteiger partial charge on any atom is 0.246 e. The lowest BCUT2D eigenvalue weighted by molar-refractivity contribution is -0.125. The zero-order valence-electron chi connectivity index (χ0n) is 11.1. The average Bonchev–Trinajstić information content (AvgIpc) is 2.66. The van der Waals surface area contributed by atoms with Gasteiger partial charge in [-0.2, -0.15) is 0 Å². The van der Waals surface area contributed by atoms with E-state index in [1.165, 1.54) is 18.4 Å². The summed E-state index contributed by atoms with van der Waals surface area (Å²) in [7, 11) is 0. The maximum absolute atomic E-state index is 12.1. The van der Waals surface area contributed by atoms with Gasteiger partial charge in [0.2, 0.25) is 5.91 Å².